The van der Waals surface area contributed by atoms with Gasteiger partial charge >= 0.3 is 253 Å². The molecule has 1 unspecified atom stereocenters. The van der Waals surface area contributed by atoms with Crippen molar-refractivity contribution in [2.75, 3.05) is 0 Å². The Morgan fingerprint density at radius 3 is 1.86 bits per heavy atom. The molecular weight excluding hydrogens is 643 g/mol. The van der Waals surface area contributed by atoms with E-state index in [2.05, 4.69) is 147 Å². The molecule has 0 heterocycles. The molecule has 1 atom stereocenters. The normalized spacial score (nSPS) is 16.9. The van der Waals surface area contributed by atoms with Gasteiger partial charge in [-0.1, -0.05) is 0 Å². The van der Waals surface area contributed by atoms with E-state index in [1.54, 1.807) is 6.55 Å². The summed E-state index contributed by atoms with van der Waals surface area (Å²) in [4.78, 5) is 0. The van der Waals surface area contributed by atoms with Gasteiger partial charge in [0.15, 0.2) is 0 Å². The van der Waals surface area contributed by atoms with Crippen molar-refractivity contribution in [2.24, 2.45) is 11.3 Å². The first kappa shape index (κ1) is 35.9. The monoisotopic (exact) mass is 694 g/mol. The van der Waals surface area contributed by atoms with E-state index in [-0.39, 0.29) is 41.1 Å². The van der Waals surface area contributed by atoms with Gasteiger partial charge < -0.3 is 0 Å². The quantitative estimate of drug-likeness (QED) is 0.199. The molecule has 0 saturated heterocycles. The van der Waals surface area contributed by atoms with Crippen LogP contribution in [0.2, 0.25) is 4.63 Å². The molecule has 0 aliphatic heterocycles. The Morgan fingerprint density at radius 2 is 1.33 bits per heavy atom. The molecule has 0 spiro atoms. The number of allylic oxidation sites excluding steroid dienone is 4. The molecule has 0 radical (unpaired) electrons. The molecule has 0 nitrogen and oxygen atoms in total. The summed E-state index contributed by atoms with van der Waals surface area (Å²) >= 11 is -4.37. The van der Waals surface area contributed by atoms with Gasteiger partial charge in [0.2, 0.25) is 0 Å². The van der Waals surface area contributed by atoms with Gasteiger partial charge in [-0.05, 0) is 0 Å². The fourth-order valence-corrected chi connectivity index (χ4v) is 20.7. The summed E-state index contributed by atoms with van der Waals surface area (Å²) in [5.74, 6) is 0.433. The van der Waals surface area contributed by atoms with Gasteiger partial charge in [0.1, 0.15) is 0 Å². The molecule has 3 heteroatoms. The Morgan fingerprint density at radius 1 is 0.744 bits per heavy atom. The van der Waals surface area contributed by atoms with Crippen LogP contribution >= 0.6 is 24.8 Å². The second kappa shape index (κ2) is 11.7. The maximum atomic E-state index is 5.57. The van der Waals surface area contributed by atoms with E-state index in [1.165, 1.54) is 42.2 Å². The van der Waals surface area contributed by atoms with E-state index in [4.69, 9.17) is 4.21 Å². The van der Waals surface area contributed by atoms with Crippen LogP contribution in [-0.4, -0.2) is 4.21 Å². The zero-order valence-electron chi connectivity index (χ0n) is 28.4. The van der Waals surface area contributed by atoms with E-state index in [0.29, 0.717) is 5.92 Å². The van der Waals surface area contributed by atoms with Crippen LogP contribution in [0.25, 0.3) is 11.1 Å². The summed E-state index contributed by atoms with van der Waals surface area (Å²) in [6.45, 7) is 23.5. The molecule has 232 valence electrons. The second-order valence-corrected chi connectivity index (χ2v) is 30.5. The molecule has 0 saturated carbocycles. The Bertz CT molecular complexity index is 1650. The Balaban J connectivity index is 0.00000253. The average molecular weight is 697 g/mol. The summed E-state index contributed by atoms with van der Waals surface area (Å²) in [7, 11) is 0. The van der Waals surface area contributed by atoms with Gasteiger partial charge in [-0.2, -0.15) is 0 Å². The molecular formula is C40H54Cl2Zr. The summed E-state index contributed by atoms with van der Waals surface area (Å²) in [5.41, 5.74) is 10.5. The van der Waals surface area contributed by atoms with Crippen molar-refractivity contribution in [3.8, 4) is 11.1 Å². The topological polar surface area (TPSA) is 0 Å². The minimum absolute atomic E-state index is 0. The molecule has 3 aromatic carbocycles. The Hall–Kier alpha value is -1.53. The van der Waals surface area contributed by atoms with Gasteiger partial charge in [0, 0.05) is 0 Å². The first-order chi connectivity index (χ1) is 18.8. The van der Waals surface area contributed by atoms with Gasteiger partial charge in [-0.3, -0.25) is 0 Å². The number of rotatable bonds is 4. The van der Waals surface area contributed by atoms with Crippen LogP contribution in [0.5, 0.6) is 0 Å². The van der Waals surface area contributed by atoms with E-state index >= 15 is 0 Å². The molecule has 0 amide bonds. The molecule has 2 aliphatic rings. The first-order valence-electron chi connectivity index (χ1n) is 15.7. The SMILES string of the molecule is Cl.Cl.[CH2]=[Zr]([CH3])([C]1=CC(C(C)(C)C)=CC1CC)([c]1ccccc1)[c]1cc(C(C)(C)C)cc2c1Cc1ccc(C(C)(C)C)cc1-2. The van der Waals surface area contributed by atoms with Crippen LogP contribution in [0.15, 0.2) is 81.7 Å². The van der Waals surface area contributed by atoms with Crippen molar-refractivity contribution in [2.45, 2.75) is 97.5 Å². The van der Waals surface area contributed by atoms with Crippen molar-refractivity contribution in [1.82, 2.24) is 0 Å². The van der Waals surface area contributed by atoms with Crippen LogP contribution in [0, 0.1) is 11.3 Å². The standard InChI is InChI=1S/C21H25.C11H17.C6H5.CH3.CH2.2ClH.Zr/c1-20(2,3)16-9-7-14-11-15-8-10-17(21(4,5)6)13-19(15)18(14)12-16;1-5-9-6-7-10(8-9)11(2,3)4;1-2-4-6-5-3-1;;;;;/h7,9-10,12-13H,11H2,1-6H3;7-9H,5H2,1-4H3;1-5H;1H3;1H2;2*1H;. The van der Waals surface area contributed by atoms with Crippen LogP contribution in [0.1, 0.15) is 97.9 Å². The second-order valence-electron chi connectivity index (χ2n) is 16.5. The van der Waals surface area contributed by atoms with Gasteiger partial charge in [-0.15, -0.1) is 24.8 Å². The average Bonchev–Trinajstić information content (AvgIpc) is 3.50. The molecule has 5 rings (SSSR count). The molecule has 0 aromatic heterocycles. The predicted molar refractivity (Wildman–Crippen MR) is 195 cm³/mol. The van der Waals surface area contributed by atoms with Crippen molar-refractivity contribution in [1.29, 1.82) is 0 Å². The van der Waals surface area contributed by atoms with Gasteiger partial charge in [-0.25, -0.2) is 0 Å². The number of halogens is 2. The Labute approximate surface area is 275 Å². The predicted octanol–water partition coefficient (Wildman–Crippen LogP) is 10.7. The zero-order valence-corrected chi connectivity index (χ0v) is 32.5. The fraction of sp³-hybridized carbons (Fsp3) is 0.425. The van der Waals surface area contributed by atoms with Crippen molar-refractivity contribution < 1.29 is 18.3 Å². The van der Waals surface area contributed by atoms with Crippen LogP contribution in [0.4, 0.5) is 0 Å². The summed E-state index contributed by atoms with van der Waals surface area (Å²) in [6, 6.07) is 23.8. The van der Waals surface area contributed by atoms with Crippen LogP contribution < -0.4 is 6.54 Å². The molecule has 0 N–H and O–H groups in total. The van der Waals surface area contributed by atoms with Gasteiger partial charge in [0.05, 0.1) is 0 Å². The Kier molecular flexibility index (Phi) is 9.77. The van der Waals surface area contributed by atoms with E-state index in [1.807, 2.05) is 0 Å². The van der Waals surface area contributed by atoms with Crippen molar-refractivity contribution in [3.05, 3.63) is 104 Å². The van der Waals surface area contributed by atoms with Crippen molar-refractivity contribution >= 4 is 35.6 Å². The molecule has 2 aliphatic carbocycles. The third kappa shape index (κ3) is 6.05. The number of benzene rings is 3. The minimum atomic E-state index is -4.37. The fourth-order valence-electron chi connectivity index (χ4n) is 7.28. The third-order valence-corrected chi connectivity index (χ3v) is 24.7. The number of hydrogen-bond acceptors (Lipinski definition) is 0. The van der Waals surface area contributed by atoms with E-state index < -0.39 is 18.3 Å². The molecule has 3 aromatic rings. The molecule has 0 bridgehead atoms. The van der Waals surface area contributed by atoms with Crippen LogP contribution in [0.3, 0.4) is 0 Å². The summed E-state index contributed by atoms with van der Waals surface area (Å²) in [5, 5.41) is 0. The summed E-state index contributed by atoms with van der Waals surface area (Å²) in [6.07, 6.45) is 7.30. The van der Waals surface area contributed by atoms with E-state index in [9.17, 15) is 0 Å². The first-order valence-corrected chi connectivity index (χ1v) is 23.6. The summed E-state index contributed by atoms with van der Waals surface area (Å²) < 4.78 is 12.9. The number of hydrogen-bond donors (Lipinski definition) is 0. The number of fused-ring (bicyclic) bond motifs is 3. The third-order valence-electron chi connectivity index (χ3n) is 10.2. The maximum absolute atomic E-state index is 5.57. The molecule has 43 heavy (non-hydrogen) atoms. The molecule has 0 fully saturated rings. The van der Waals surface area contributed by atoms with Crippen LogP contribution in [-0.2, 0) is 35.5 Å². The van der Waals surface area contributed by atoms with Crippen molar-refractivity contribution in [3.63, 3.8) is 0 Å². The van der Waals surface area contributed by atoms with Gasteiger partial charge in [0.25, 0.3) is 0 Å². The zero-order chi connectivity index (χ0) is 30.2. The van der Waals surface area contributed by atoms with E-state index in [0.717, 1.165) is 12.8 Å².